The Bertz CT molecular complexity index is 446. The van der Waals surface area contributed by atoms with E-state index in [2.05, 4.69) is 10.6 Å². The molecule has 2 unspecified atom stereocenters. The van der Waals surface area contributed by atoms with Crippen LogP contribution in [0.3, 0.4) is 0 Å². The molecule has 1 rings (SSSR count). The SMILES string of the molecule is CNC(C)C(=O)NC(C)c1cccc(C(F)(F)F)c1. The molecular formula is C13H17F3N2O. The van der Waals surface area contributed by atoms with Crippen molar-refractivity contribution in [2.45, 2.75) is 32.1 Å². The van der Waals surface area contributed by atoms with Crippen LogP contribution in [0, 0.1) is 0 Å². The van der Waals surface area contributed by atoms with Crippen molar-refractivity contribution >= 4 is 5.91 Å². The summed E-state index contributed by atoms with van der Waals surface area (Å²) in [6.45, 7) is 3.32. The van der Waals surface area contributed by atoms with Crippen LogP contribution < -0.4 is 10.6 Å². The normalized spacial score (nSPS) is 14.8. The number of halogens is 3. The minimum atomic E-state index is -4.38. The summed E-state index contributed by atoms with van der Waals surface area (Å²) in [6, 6.07) is 4.08. The van der Waals surface area contributed by atoms with E-state index in [-0.39, 0.29) is 5.91 Å². The maximum absolute atomic E-state index is 12.6. The van der Waals surface area contributed by atoms with Crippen molar-refractivity contribution in [2.24, 2.45) is 0 Å². The number of hydrogen-bond donors (Lipinski definition) is 2. The molecule has 0 fully saturated rings. The van der Waals surface area contributed by atoms with Crippen LogP contribution in [0.5, 0.6) is 0 Å². The van der Waals surface area contributed by atoms with Gasteiger partial charge in [-0.05, 0) is 38.6 Å². The first-order valence-electron chi connectivity index (χ1n) is 5.90. The van der Waals surface area contributed by atoms with E-state index in [0.717, 1.165) is 12.1 Å². The summed E-state index contributed by atoms with van der Waals surface area (Å²) in [5.74, 6) is -0.257. The molecule has 0 aliphatic heterocycles. The molecule has 1 aromatic rings. The van der Waals surface area contributed by atoms with Crippen molar-refractivity contribution in [3.05, 3.63) is 35.4 Å². The van der Waals surface area contributed by atoms with Crippen molar-refractivity contribution in [3.8, 4) is 0 Å². The van der Waals surface area contributed by atoms with Gasteiger partial charge in [-0.1, -0.05) is 12.1 Å². The third-order valence-electron chi connectivity index (χ3n) is 2.90. The quantitative estimate of drug-likeness (QED) is 0.885. The Morgan fingerprint density at radius 3 is 2.42 bits per heavy atom. The Morgan fingerprint density at radius 2 is 1.89 bits per heavy atom. The Morgan fingerprint density at radius 1 is 1.26 bits per heavy atom. The minimum absolute atomic E-state index is 0.257. The van der Waals surface area contributed by atoms with Crippen LogP contribution in [0.1, 0.15) is 31.0 Å². The van der Waals surface area contributed by atoms with E-state index >= 15 is 0 Å². The number of benzene rings is 1. The molecule has 1 amide bonds. The molecule has 3 nitrogen and oxygen atoms in total. The summed E-state index contributed by atoms with van der Waals surface area (Å²) in [4.78, 5) is 11.6. The van der Waals surface area contributed by atoms with E-state index in [9.17, 15) is 18.0 Å². The standard InChI is InChI=1S/C13H17F3N2O/c1-8(18-12(19)9(2)17-3)10-5-4-6-11(7-10)13(14,15)16/h4-9,17H,1-3H3,(H,18,19). The number of nitrogens with one attached hydrogen (secondary N) is 2. The zero-order valence-electron chi connectivity index (χ0n) is 11.0. The molecule has 0 bridgehead atoms. The summed E-state index contributed by atoms with van der Waals surface area (Å²) in [7, 11) is 1.64. The fourth-order valence-corrected chi connectivity index (χ4v) is 1.54. The van der Waals surface area contributed by atoms with Gasteiger partial charge in [-0.3, -0.25) is 4.79 Å². The van der Waals surface area contributed by atoms with Gasteiger partial charge < -0.3 is 10.6 Å². The maximum atomic E-state index is 12.6. The van der Waals surface area contributed by atoms with E-state index < -0.39 is 23.8 Å². The predicted octanol–water partition coefficient (Wildman–Crippen LogP) is 2.49. The average Bonchev–Trinajstić information content (AvgIpc) is 2.36. The lowest BCUT2D eigenvalue weighted by molar-refractivity contribution is -0.137. The highest BCUT2D eigenvalue weighted by molar-refractivity contribution is 5.81. The molecule has 106 valence electrons. The van der Waals surface area contributed by atoms with E-state index in [1.54, 1.807) is 27.0 Å². The molecule has 0 saturated heterocycles. The number of alkyl halides is 3. The Balaban J connectivity index is 2.83. The van der Waals surface area contributed by atoms with E-state index in [0.29, 0.717) is 5.56 Å². The number of likely N-dealkylation sites (N-methyl/N-ethyl adjacent to an activating group) is 1. The molecule has 0 aliphatic rings. The Hall–Kier alpha value is -1.56. The maximum Gasteiger partial charge on any atom is 0.416 e. The molecule has 0 heterocycles. The lowest BCUT2D eigenvalue weighted by Crippen LogP contribution is -2.41. The first kappa shape index (κ1) is 15.5. The molecule has 0 radical (unpaired) electrons. The van der Waals surface area contributed by atoms with Crippen LogP contribution in [-0.4, -0.2) is 19.0 Å². The van der Waals surface area contributed by atoms with E-state index in [1.165, 1.54) is 6.07 Å². The van der Waals surface area contributed by atoms with Gasteiger partial charge in [0.25, 0.3) is 0 Å². The third kappa shape index (κ3) is 4.24. The number of rotatable bonds is 4. The molecule has 0 spiro atoms. The van der Waals surface area contributed by atoms with Gasteiger partial charge in [-0.15, -0.1) is 0 Å². The summed E-state index contributed by atoms with van der Waals surface area (Å²) in [5, 5.41) is 5.42. The molecular weight excluding hydrogens is 257 g/mol. The van der Waals surface area contributed by atoms with Gasteiger partial charge in [0.05, 0.1) is 17.6 Å². The molecule has 2 N–H and O–H groups in total. The second-order valence-corrected chi connectivity index (χ2v) is 4.36. The fraction of sp³-hybridized carbons (Fsp3) is 0.462. The Labute approximate surface area is 110 Å². The van der Waals surface area contributed by atoms with Crippen molar-refractivity contribution in [2.75, 3.05) is 7.05 Å². The smallest absolute Gasteiger partial charge is 0.348 e. The van der Waals surface area contributed by atoms with Gasteiger partial charge in [-0.2, -0.15) is 13.2 Å². The van der Waals surface area contributed by atoms with Gasteiger partial charge >= 0.3 is 6.18 Å². The average molecular weight is 274 g/mol. The first-order chi connectivity index (χ1) is 8.75. The van der Waals surface area contributed by atoms with Gasteiger partial charge in [0.1, 0.15) is 0 Å². The molecule has 0 saturated carbocycles. The predicted molar refractivity (Wildman–Crippen MR) is 66.5 cm³/mol. The zero-order valence-corrected chi connectivity index (χ0v) is 11.0. The highest BCUT2D eigenvalue weighted by Crippen LogP contribution is 2.30. The van der Waals surface area contributed by atoms with Crippen molar-refractivity contribution < 1.29 is 18.0 Å². The summed E-state index contributed by atoms with van der Waals surface area (Å²) >= 11 is 0. The van der Waals surface area contributed by atoms with Gasteiger partial charge in [0.2, 0.25) is 5.91 Å². The number of amides is 1. The van der Waals surface area contributed by atoms with E-state index in [1.807, 2.05) is 0 Å². The van der Waals surface area contributed by atoms with Crippen LogP contribution in [0.4, 0.5) is 13.2 Å². The zero-order chi connectivity index (χ0) is 14.6. The van der Waals surface area contributed by atoms with Crippen molar-refractivity contribution in [1.82, 2.24) is 10.6 Å². The number of carbonyl (C=O) groups excluding carboxylic acids is 1. The van der Waals surface area contributed by atoms with Gasteiger partial charge in [0.15, 0.2) is 0 Å². The molecule has 19 heavy (non-hydrogen) atoms. The number of hydrogen-bond acceptors (Lipinski definition) is 2. The lowest BCUT2D eigenvalue weighted by atomic mass is 10.0. The van der Waals surface area contributed by atoms with Crippen LogP contribution in [0.15, 0.2) is 24.3 Å². The highest BCUT2D eigenvalue weighted by atomic mass is 19.4. The van der Waals surface area contributed by atoms with Crippen molar-refractivity contribution in [3.63, 3.8) is 0 Å². The van der Waals surface area contributed by atoms with Crippen LogP contribution in [0.2, 0.25) is 0 Å². The summed E-state index contributed by atoms with van der Waals surface area (Å²) in [6.07, 6.45) is -4.38. The van der Waals surface area contributed by atoms with Crippen molar-refractivity contribution in [1.29, 1.82) is 0 Å². The largest absolute Gasteiger partial charge is 0.416 e. The topological polar surface area (TPSA) is 41.1 Å². The third-order valence-corrected chi connectivity index (χ3v) is 2.90. The highest BCUT2D eigenvalue weighted by Gasteiger charge is 2.30. The monoisotopic (exact) mass is 274 g/mol. The first-order valence-corrected chi connectivity index (χ1v) is 5.90. The van der Waals surface area contributed by atoms with Crippen LogP contribution in [-0.2, 0) is 11.0 Å². The molecule has 6 heteroatoms. The molecule has 2 atom stereocenters. The minimum Gasteiger partial charge on any atom is -0.348 e. The van der Waals surface area contributed by atoms with Gasteiger partial charge in [0, 0.05) is 0 Å². The Kier molecular flexibility index (Phi) is 4.94. The second kappa shape index (κ2) is 6.06. The van der Waals surface area contributed by atoms with Crippen LogP contribution >= 0.6 is 0 Å². The lowest BCUT2D eigenvalue weighted by Gasteiger charge is -2.18. The fourth-order valence-electron chi connectivity index (χ4n) is 1.54. The second-order valence-electron chi connectivity index (χ2n) is 4.36. The van der Waals surface area contributed by atoms with Gasteiger partial charge in [-0.25, -0.2) is 0 Å². The number of carbonyl (C=O) groups is 1. The van der Waals surface area contributed by atoms with E-state index in [4.69, 9.17) is 0 Å². The molecule has 0 aromatic heterocycles. The molecule has 0 aliphatic carbocycles. The molecule has 1 aromatic carbocycles. The summed E-state index contributed by atoms with van der Waals surface area (Å²) < 4.78 is 37.7. The summed E-state index contributed by atoms with van der Waals surface area (Å²) in [5.41, 5.74) is -0.292. The van der Waals surface area contributed by atoms with Crippen LogP contribution in [0.25, 0.3) is 0 Å².